The van der Waals surface area contributed by atoms with Gasteiger partial charge >= 0.3 is 0 Å². The van der Waals surface area contributed by atoms with Gasteiger partial charge in [-0.2, -0.15) is 0 Å². The molecule has 7 nitrogen and oxygen atoms in total. The van der Waals surface area contributed by atoms with Crippen LogP contribution in [0.5, 0.6) is 11.5 Å². The fraction of sp³-hybridized carbons (Fsp3) is 0.579. The zero-order valence-electron chi connectivity index (χ0n) is 15.5. The minimum atomic E-state index is -0.206. The van der Waals surface area contributed by atoms with Gasteiger partial charge in [-0.25, -0.2) is 0 Å². The number of carbonyl (C=O) groups is 2. The minimum absolute atomic E-state index is 0.0554. The molecular formula is C19H28N2O5. The molecule has 1 atom stereocenters. The highest BCUT2D eigenvalue weighted by atomic mass is 16.5. The maximum atomic E-state index is 12.9. The Morgan fingerprint density at radius 2 is 2.08 bits per heavy atom. The summed E-state index contributed by atoms with van der Waals surface area (Å²) in [6.07, 6.45) is 3.75. The zero-order chi connectivity index (χ0) is 19.1. The average Bonchev–Trinajstić information content (AvgIpc) is 2.64. The topological polar surface area (TPSA) is 102 Å². The van der Waals surface area contributed by atoms with Gasteiger partial charge in [-0.05, 0) is 38.7 Å². The van der Waals surface area contributed by atoms with Crippen LogP contribution >= 0.6 is 0 Å². The van der Waals surface area contributed by atoms with Gasteiger partial charge in [0.2, 0.25) is 0 Å². The summed E-state index contributed by atoms with van der Waals surface area (Å²) in [6, 6.07) is 2.99. The molecule has 0 saturated carbocycles. The van der Waals surface area contributed by atoms with E-state index in [-0.39, 0.29) is 24.3 Å². The van der Waals surface area contributed by atoms with E-state index in [1.807, 2.05) is 0 Å². The lowest BCUT2D eigenvalue weighted by Crippen LogP contribution is -2.45. The van der Waals surface area contributed by atoms with Crippen LogP contribution in [0.1, 0.15) is 49.4 Å². The number of likely N-dealkylation sites (tertiary alicyclic amines) is 1. The number of benzene rings is 1. The third kappa shape index (κ3) is 4.88. The fourth-order valence-corrected chi connectivity index (χ4v) is 3.15. The van der Waals surface area contributed by atoms with E-state index in [1.165, 1.54) is 7.11 Å². The van der Waals surface area contributed by atoms with Crippen LogP contribution in [0.2, 0.25) is 0 Å². The van der Waals surface area contributed by atoms with Crippen molar-refractivity contribution in [3.8, 4) is 11.5 Å². The number of nitrogen functional groups attached to an aromatic ring is 1. The van der Waals surface area contributed by atoms with Crippen molar-refractivity contribution in [1.82, 2.24) is 4.90 Å². The predicted molar refractivity (Wildman–Crippen MR) is 98.6 cm³/mol. The maximum Gasteiger partial charge on any atom is 0.256 e. The van der Waals surface area contributed by atoms with Gasteiger partial charge in [0.1, 0.15) is 5.78 Å². The van der Waals surface area contributed by atoms with Gasteiger partial charge < -0.3 is 30.0 Å². The summed E-state index contributed by atoms with van der Waals surface area (Å²) in [4.78, 5) is 25.6. The number of hydrogen-bond acceptors (Lipinski definition) is 6. The third-order valence-electron chi connectivity index (χ3n) is 4.60. The molecule has 1 heterocycles. The monoisotopic (exact) mass is 364 g/mol. The summed E-state index contributed by atoms with van der Waals surface area (Å²) >= 11 is 0. The van der Waals surface area contributed by atoms with Crippen molar-refractivity contribution in [2.45, 2.75) is 45.1 Å². The molecule has 1 aliphatic heterocycles. The second-order valence-corrected chi connectivity index (χ2v) is 6.58. The molecule has 1 aromatic rings. The van der Waals surface area contributed by atoms with Crippen molar-refractivity contribution < 1.29 is 24.2 Å². The van der Waals surface area contributed by atoms with Gasteiger partial charge in [-0.15, -0.1) is 0 Å². The fourth-order valence-electron chi connectivity index (χ4n) is 3.15. The Bertz CT molecular complexity index is 647. The number of Topliss-reactive ketones (excluding diaryl/α,β-unsaturated/α-hetero) is 1. The van der Waals surface area contributed by atoms with E-state index in [1.54, 1.807) is 24.0 Å². The Labute approximate surface area is 154 Å². The van der Waals surface area contributed by atoms with Crippen LogP contribution in [0.15, 0.2) is 12.1 Å². The first-order valence-electron chi connectivity index (χ1n) is 8.99. The van der Waals surface area contributed by atoms with Crippen LogP contribution in [0.4, 0.5) is 5.69 Å². The van der Waals surface area contributed by atoms with Crippen LogP contribution in [-0.4, -0.2) is 54.6 Å². The molecule has 1 fully saturated rings. The summed E-state index contributed by atoms with van der Waals surface area (Å²) in [7, 11) is 1.50. The van der Waals surface area contributed by atoms with Crippen LogP contribution in [-0.2, 0) is 4.79 Å². The van der Waals surface area contributed by atoms with Crippen LogP contribution in [0.25, 0.3) is 0 Å². The Hall–Kier alpha value is -2.28. The molecule has 0 aromatic heterocycles. The Balaban J connectivity index is 2.16. The number of ketones is 1. The second kappa shape index (κ2) is 9.43. The number of anilines is 1. The average molecular weight is 364 g/mol. The minimum Gasteiger partial charge on any atom is -0.493 e. The van der Waals surface area contributed by atoms with Crippen LogP contribution in [0.3, 0.4) is 0 Å². The molecule has 26 heavy (non-hydrogen) atoms. The molecule has 0 spiro atoms. The van der Waals surface area contributed by atoms with Gasteiger partial charge in [0.05, 0.1) is 31.9 Å². The first-order chi connectivity index (χ1) is 12.5. The van der Waals surface area contributed by atoms with Gasteiger partial charge in [0, 0.05) is 24.7 Å². The highest BCUT2D eigenvalue weighted by Gasteiger charge is 2.28. The van der Waals surface area contributed by atoms with Crippen molar-refractivity contribution in [2.24, 2.45) is 0 Å². The van der Waals surface area contributed by atoms with E-state index in [2.05, 4.69) is 0 Å². The van der Waals surface area contributed by atoms with Gasteiger partial charge in [0.25, 0.3) is 5.91 Å². The first-order valence-corrected chi connectivity index (χ1v) is 8.99. The molecule has 0 radical (unpaired) electrons. The number of carbonyl (C=O) groups excluding carboxylic acids is 2. The molecule has 0 bridgehead atoms. The Morgan fingerprint density at radius 1 is 1.31 bits per heavy atom. The summed E-state index contributed by atoms with van der Waals surface area (Å²) in [6.45, 7) is 2.45. The van der Waals surface area contributed by atoms with E-state index in [9.17, 15) is 14.7 Å². The Morgan fingerprint density at radius 3 is 2.73 bits per heavy atom. The summed E-state index contributed by atoms with van der Waals surface area (Å²) < 4.78 is 11.0. The molecule has 3 N–H and O–H groups in total. The molecule has 0 aliphatic carbocycles. The lowest BCUT2D eigenvalue weighted by atomic mass is 10.0. The number of hydrogen-bond donors (Lipinski definition) is 2. The van der Waals surface area contributed by atoms with Gasteiger partial charge in [-0.3, -0.25) is 4.79 Å². The number of methoxy groups -OCH3 is 1. The number of aliphatic hydroxyl groups is 1. The van der Waals surface area contributed by atoms with Crippen LogP contribution < -0.4 is 15.2 Å². The number of rotatable bonds is 8. The molecule has 1 saturated heterocycles. The van der Waals surface area contributed by atoms with E-state index >= 15 is 0 Å². The standard InChI is InChI=1S/C19H28N2O5/c1-13(23)6-5-9-26-18-11-16(20)15(10-17(18)25-2)19(24)21-8-4-3-7-14(21)12-22/h10-11,14,22H,3-9,12,20H2,1-2H3/t14-/m0/s1. The molecule has 0 unspecified atom stereocenters. The normalized spacial score (nSPS) is 17.0. The number of amides is 1. The second-order valence-electron chi connectivity index (χ2n) is 6.58. The van der Waals surface area contributed by atoms with Gasteiger partial charge in [0.15, 0.2) is 11.5 Å². The highest BCUT2D eigenvalue weighted by Crippen LogP contribution is 2.34. The largest absolute Gasteiger partial charge is 0.493 e. The Kier molecular flexibility index (Phi) is 7.26. The van der Waals surface area contributed by atoms with Crippen LogP contribution in [0, 0.1) is 0 Å². The van der Waals surface area contributed by atoms with Crippen molar-refractivity contribution in [3.05, 3.63) is 17.7 Å². The molecule has 7 heteroatoms. The van der Waals surface area contributed by atoms with E-state index in [0.29, 0.717) is 48.7 Å². The summed E-state index contributed by atoms with van der Waals surface area (Å²) in [5.41, 5.74) is 6.74. The molecule has 1 amide bonds. The molecule has 144 valence electrons. The number of aliphatic hydroxyl groups excluding tert-OH is 1. The van der Waals surface area contributed by atoms with E-state index in [0.717, 1.165) is 19.3 Å². The molecule has 1 aromatic carbocycles. The molecule has 2 rings (SSSR count). The number of piperidine rings is 1. The first kappa shape index (κ1) is 20.0. The highest BCUT2D eigenvalue weighted by molar-refractivity contribution is 6.00. The maximum absolute atomic E-state index is 12.9. The SMILES string of the molecule is COc1cc(C(=O)N2CCCC[C@H]2CO)c(N)cc1OCCCC(C)=O. The zero-order valence-corrected chi connectivity index (χ0v) is 15.5. The number of ether oxygens (including phenoxy) is 2. The predicted octanol–water partition coefficient (Wildman–Crippen LogP) is 2.01. The summed E-state index contributed by atoms with van der Waals surface area (Å²) in [5.74, 6) is 0.772. The lowest BCUT2D eigenvalue weighted by Gasteiger charge is -2.35. The number of nitrogens with two attached hydrogens (primary N) is 1. The summed E-state index contributed by atoms with van der Waals surface area (Å²) in [5, 5.41) is 9.54. The van der Waals surface area contributed by atoms with Crippen molar-refractivity contribution >= 4 is 17.4 Å². The van der Waals surface area contributed by atoms with Crippen molar-refractivity contribution in [3.63, 3.8) is 0 Å². The van der Waals surface area contributed by atoms with E-state index < -0.39 is 0 Å². The number of nitrogens with zero attached hydrogens (tertiary/aromatic N) is 1. The molecular weight excluding hydrogens is 336 g/mol. The van der Waals surface area contributed by atoms with E-state index in [4.69, 9.17) is 15.2 Å². The smallest absolute Gasteiger partial charge is 0.256 e. The quantitative estimate of drug-likeness (QED) is 0.540. The van der Waals surface area contributed by atoms with Crippen molar-refractivity contribution in [1.29, 1.82) is 0 Å². The van der Waals surface area contributed by atoms with Gasteiger partial charge in [-0.1, -0.05) is 0 Å². The van der Waals surface area contributed by atoms with Crippen molar-refractivity contribution in [2.75, 3.05) is 32.6 Å². The lowest BCUT2D eigenvalue weighted by molar-refractivity contribution is -0.117. The third-order valence-corrected chi connectivity index (χ3v) is 4.60. The molecule has 1 aliphatic rings.